The summed E-state index contributed by atoms with van der Waals surface area (Å²) in [5.74, 6) is -2.31. The zero-order valence-corrected chi connectivity index (χ0v) is 23.1. The fourth-order valence-corrected chi connectivity index (χ4v) is 10.6. The first-order chi connectivity index (χ1) is 17.1. The lowest BCUT2D eigenvalue weighted by atomic mass is 9.37. The van der Waals surface area contributed by atoms with Crippen LogP contribution in [0.25, 0.3) is 0 Å². The van der Waals surface area contributed by atoms with Crippen LogP contribution in [0.5, 0.6) is 0 Å². The number of aliphatic hydroxyl groups excluding tert-OH is 3. The number of fused-ring (bicyclic) bond motifs is 6. The van der Waals surface area contributed by atoms with Crippen LogP contribution in [0.1, 0.15) is 92.4 Å². The number of rotatable bonds is 3. The van der Waals surface area contributed by atoms with E-state index in [0.29, 0.717) is 38.5 Å². The van der Waals surface area contributed by atoms with Crippen LogP contribution in [0.3, 0.4) is 0 Å². The molecule has 5 aliphatic rings. The number of carboxylic acids is 2. The SMILES string of the molecule is CC1(C)CC[C@]2(C(=O)O)CCC3=C([C@@H](CO)C[C@@H]4[C@@]5(C)C[C@H](O)[C@H](O)[C@@](C)(C(=O)O)[C@@H]5CC[C@@]34C)[C@@H]2C1. The molecule has 37 heavy (non-hydrogen) atoms. The van der Waals surface area contributed by atoms with E-state index in [4.69, 9.17) is 0 Å². The molecule has 0 spiro atoms. The van der Waals surface area contributed by atoms with Crippen molar-refractivity contribution in [2.45, 2.75) is 105 Å². The molecule has 3 fully saturated rings. The van der Waals surface area contributed by atoms with Gasteiger partial charge in [-0.2, -0.15) is 0 Å². The summed E-state index contributed by atoms with van der Waals surface area (Å²) in [5.41, 5.74) is -0.485. The second-order valence-corrected chi connectivity index (χ2v) is 14.8. The van der Waals surface area contributed by atoms with Crippen LogP contribution in [-0.2, 0) is 9.59 Å². The van der Waals surface area contributed by atoms with Crippen molar-refractivity contribution in [3.8, 4) is 0 Å². The van der Waals surface area contributed by atoms with Gasteiger partial charge in [-0.1, -0.05) is 38.8 Å². The molecule has 7 heteroatoms. The largest absolute Gasteiger partial charge is 0.481 e. The third kappa shape index (κ3) is 3.42. The van der Waals surface area contributed by atoms with Crippen molar-refractivity contribution in [2.24, 2.45) is 50.7 Å². The Hall–Kier alpha value is -1.44. The van der Waals surface area contributed by atoms with E-state index in [2.05, 4.69) is 27.7 Å². The molecule has 0 aromatic heterocycles. The molecular weight excluding hydrogens is 472 g/mol. The van der Waals surface area contributed by atoms with Gasteiger partial charge >= 0.3 is 11.9 Å². The number of hydrogen-bond acceptors (Lipinski definition) is 5. The van der Waals surface area contributed by atoms with Crippen LogP contribution in [0.15, 0.2) is 11.1 Å². The van der Waals surface area contributed by atoms with Crippen LogP contribution in [0.4, 0.5) is 0 Å². The van der Waals surface area contributed by atoms with Crippen molar-refractivity contribution in [2.75, 3.05) is 6.61 Å². The second-order valence-electron chi connectivity index (χ2n) is 14.8. The number of aliphatic hydroxyl groups is 3. The topological polar surface area (TPSA) is 135 Å². The van der Waals surface area contributed by atoms with Gasteiger partial charge in [-0.25, -0.2) is 0 Å². The average molecular weight is 519 g/mol. The van der Waals surface area contributed by atoms with Crippen molar-refractivity contribution in [3.63, 3.8) is 0 Å². The molecule has 0 radical (unpaired) electrons. The summed E-state index contributed by atoms with van der Waals surface area (Å²) >= 11 is 0. The van der Waals surface area contributed by atoms with Gasteiger partial charge in [0.2, 0.25) is 0 Å². The van der Waals surface area contributed by atoms with Crippen molar-refractivity contribution >= 4 is 11.9 Å². The molecule has 3 saturated carbocycles. The minimum absolute atomic E-state index is 0.0319. The standard InChI is InChI=1S/C30H46O7/c1-26(2)10-11-30(25(36)37)9-6-17-22(18(30)13-26)16(15-31)12-21-27(17,3)8-7-20-28(21,4)14-19(32)23(33)29(20,5)24(34)35/h16,18-21,23,31-33H,6-15H2,1-5H3,(H,34,35)(H,36,37)/t16-,18+,19+,20-,21+,23+,27+,28+,29+,30-/m1/s1. The molecule has 208 valence electrons. The minimum Gasteiger partial charge on any atom is -0.481 e. The first kappa shape index (κ1) is 27.1. The van der Waals surface area contributed by atoms with E-state index in [1.54, 1.807) is 6.92 Å². The van der Waals surface area contributed by atoms with Crippen LogP contribution in [0, 0.1) is 50.7 Å². The summed E-state index contributed by atoms with van der Waals surface area (Å²) < 4.78 is 0. The molecular formula is C30H46O7. The second kappa shape index (κ2) is 8.28. The molecule has 10 atom stereocenters. The molecule has 0 bridgehead atoms. The van der Waals surface area contributed by atoms with Gasteiger partial charge in [0.25, 0.3) is 0 Å². The third-order valence-corrected chi connectivity index (χ3v) is 12.6. The zero-order valence-electron chi connectivity index (χ0n) is 23.1. The molecule has 5 aliphatic carbocycles. The minimum atomic E-state index is -1.45. The maximum absolute atomic E-state index is 12.8. The Morgan fingerprint density at radius 1 is 0.892 bits per heavy atom. The third-order valence-electron chi connectivity index (χ3n) is 12.6. The van der Waals surface area contributed by atoms with E-state index < -0.39 is 40.4 Å². The van der Waals surface area contributed by atoms with Crippen molar-refractivity contribution < 1.29 is 35.1 Å². The van der Waals surface area contributed by atoms with Gasteiger partial charge in [-0.15, -0.1) is 0 Å². The van der Waals surface area contributed by atoms with Crippen molar-refractivity contribution in [1.29, 1.82) is 0 Å². The highest BCUT2D eigenvalue weighted by molar-refractivity contribution is 5.77. The Bertz CT molecular complexity index is 1030. The Kier molecular flexibility index (Phi) is 6.07. The van der Waals surface area contributed by atoms with Crippen LogP contribution < -0.4 is 0 Å². The van der Waals surface area contributed by atoms with Gasteiger partial charge in [0.05, 0.1) is 23.0 Å². The monoisotopic (exact) mass is 518 g/mol. The molecule has 5 rings (SSSR count). The van der Waals surface area contributed by atoms with E-state index in [0.717, 1.165) is 19.3 Å². The Morgan fingerprint density at radius 3 is 2.16 bits per heavy atom. The molecule has 0 aliphatic heterocycles. The lowest BCUT2D eigenvalue weighted by Gasteiger charge is -2.67. The van der Waals surface area contributed by atoms with Gasteiger partial charge in [0.1, 0.15) is 0 Å². The molecule has 5 N–H and O–H groups in total. The normalized spacial score (nSPS) is 50.8. The molecule has 0 unspecified atom stereocenters. The summed E-state index contributed by atoms with van der Waals surface area (Å²) in [7, 11) is 0. The molecule has 0 saturated heterocycles. The zero-order chi connectivity index (χ0) is 27.3. The van der Waals surface area contributed by atoms with E-state index in [1.165, 1.54) is 11.1 Å². The molecule has 0 heterocycles. The Morgan fingerprint density at radius 2 is 1.57 bits per heavy atom. The summed E-state index contributed by atoms with van der Waals surface area (Å²) in [5, 5.41) is 53.4. The molecule has 7 nitrogen and oxygen atoms in total. The average Bonchev–Trinajstić information content (AvgIpc) is 2.81. The quantitative estimate of drug-likeness (QED) is 0.353. The first-order valence-corrected chi connectivity index (χ1v) is 14.3. The van der Waals surface area contributed by atoms with Crippen LogP contribution in [-0.4, -0.2) is 56.3 Å². The Labute approximate surface area is 220 Å². The number of aliphatic carboxylic acids is 2. The highest BCUT2D eigenvalue weighted by Crippen LogP contribution is 2.72. The van der Waals surface area contributed by atoms with E-state index in [1.807, 2.05) is 0 Å². The van der Waals surface area contributed by atoms with Crippen LogP contribution in [0.2, 0.25) is 0 Å². The first-order valence-electron chi connectivity index (χ1n) is 14.3. The van der Waals surface area contributed by atoms with Gasteiger partial charge in [0, 0.05) is 12.5 Å². The molecule has 0 amide bonds. The Balaban J connectivity index is 1.65. The number of carboxylic acid groups (broad SMARTS) is 2. The lowest BCUT2D eigenvalue weighted by molar-refractivity contribution is -0.226. The van der Waals surface area contributed by atoms with Gasteiger partial charge in [-0.05, 0) is 98.7 Å². The summed E-state index contributed by atoms with van der Waals surface area (Å²) in [4.78, 5) is 25.4. The maximum Gasteiger partial charge on any atom is 0.312 e. The van der Waals surface area contributed by atoms with E-state index >= 15 is 0 Å². The highest BCUT2D eigenvalue weighted by Gasteiger charge is 2.69. The van der Waals surface area contributed by atoms with E-state index in [9.17, 15) is 35.1 Å². The fraction of sp³-hybridized carbons (Fsp3) is 0.867. The molecule has 0 aromatic rings. The van der Waals surface area contributed by atoms with Crippen molar-refractivity contribution in [1.82, 2.24) is 0 Å². The highest BCUT2D eigenvalue weighted by atomic mass is 16.4. The maximum atomic E-state index is 12.8. The van der Waals surface area contributed by atoms with Gasteiger partial charge in [0.15, 0.2) is 0 Å². The lowest BCUT2D eigenvalue weighted by Crippen LogP contribution is -2.67. The smallest absolute Gasteiger partial charge is 0.312 e. The van der Waals surface area contributed by atoms with Gasteiger partial charge in [-0.3, -0.25) is 9.59 Å². The summed E-state index contributed by atoms with van der Waals surface area (Å²) in [6.07, 6.45) is 3.60. The summed E-state index contributed by atoms with van der Waals surface area (Å²) in [6, 6.07) is 0. The predicted octanol–water partition coefficient (Wildman–Crippen LogP) is 4.24. The predicted molar refractivity (Wildman–Crippen MR) is 137 cm³/mol. The number of allylic oxidation sites excluding steroid dienone is 1. The van der Waals surface area contributed by atoms with Gasteiger partial charge < -0.3 is 25.5 Å². The summed E-state index contributed by atoms with van der Waals surface area (Å²) in [6.45, 7) is 10.4. The fourth-order valence-electron chi connectivity index (χ4n) is 10.6. The molecule has 0 aromatic carbocycles. The van der Waals surface area contributed by atoms with Crippen LogP contribution >= 0.6 is 0 Å². The van der Waals surface area contributed by atoms with E-state index in [-0.39, 0.29) is 41.1 Å². The van der Waals surface area contributed by atoms with Crippen molar-refractivity contribution in [3.05, 3.63) is 11.1 Å². The number of hydrogen-bond donors (Lipinski definition) is 5. The number of carbonyl (C=O) groups is 2.